The molecule has 0 aliphatic carbocycles. The Morgan fingerprint density at radius 2 is 1.75 bits per heavy atom. The number of methoxy groups -OCH3 is 2. The monoisotopic (exact) mass is 497 g/mol. The molecule has 2 rings (SSSR count). The lowest BCUT2D eigenvalue weighted by atomic mass is 9.84. The van der Waals surface area contributed by atoms with Crippen LogP contribution in [0.15, 0.2) is 36.4 Å². The number of carbonyl (C=O) groups excluding carboxylic acids is 1. The van der Waals surface area contributed by atoms with Gasteiger partial charge in [-0.25, -0.2) is 0 Å². The second kappa shape index (κ2) is 13.1. The first-order chi connectivity index (χ1) is 16.9. The summed E-state index contributed by atoms with van der Waals surface area (Å²) in [5.74, 6) is 1.41. The fourth-order valence-electron chi connectivity index (χ4n) is 4.62. The number of para-hydroxylation sites is 1. The standard InChI is InChI=1S/C31H47NO4/c1-9-10-11-13-23(24-14-12-15-27(35-7)29(24)36-8)21-28(33)32-26-20-22(18-19-31(5,6)34)16-17-25(26)30(2,3)4/h12,14-17,20,23,34H,9-11,13,18-19,21H2,1-8H3,(H,32,33). The third-order valence-corrected chi connectivity index (χ3v) is 6.65. The molecule has 0 saturated carbocycles. The molecule has 0 aromatic heterocycles. The van der Waals surface area contributed by atoms with Gasteiger partial charge in [0.25, 0.3) is 0 Å². The molecule has 0 aliphatic rings. The Hall–Kier alpha value is -2.53. The summed E-state index contributed by atoms with van der Waals surface area (Å²) in [5, 5.41) is 13.4. The van der Waals surface area contributed by atoms with E-state index in [9.17, 15) is 9.90 Å². The van der Waals surface area contributed by atoms with Crippen molar-refractivity contribution in [1.29, 1.82) is 0 Å². The van der Waals surface area contributed by atoms with Crippen LogP contribution in [-0.2, 0) is 16.6 Å². The van der Waals surface area contributed by atoms with E-state index in [4.69, 9.17) is 9.47 Å². The van der Waals surface area contributed by atoms with Crippen LogP contribution < -0.4 is 14.8 Å². The van der Waals surface area contributed by atoms with Gasteiger partial charge in [0.2, 0.25) is 5.91 Å². The van der Waals surface area contributed by atoms with Gasteiger partial charge in [0.05, 0.1) is 19.8 Å². The van der Waals surface area contributed by atoms with Crippen LogP contribution >= 0.6 is 0 Å². The maximum atomic E-state index is 13.5. The minimum Gasteiger partial charge on any atom is -0.493 e. The van der Waals surface area contributed by atoms with Gasteiger partial charge in [0, 0.05) is 17.7 Å². The first-order valence-corrected chi connectivity index (χ1v) is 13.3. The fourth-order valence-corrected chi connectivity index (χ4v) is 4.62. The third-order valence-electron chi connectivity index (χ3n) is 6.65. The molecule has 200 valence electrons. The minimum absolute atomic E-state index is 0.00786. The van der Waals surface area contributed by atoms with Crippen LogP contribution in [0, 0.1) is 0 Å². The number of ether oxygens (including phenoxy) is 2. The zero-order chi connectivity index (χ0) is 26.9. The van der Waals surface area contributed by atoms with E-state index in [0.717, 1.165) is 54.5 Å². The van der Waals surface area contributed by atoms with Crippen molar-refractivity contribution in [1.82, 2.24) is 0 Å². The molecule has 5 nitrogen and oxygen atoms in total. The second-order valence-corrected chi connectivity index (χ2v) is 11.5. The van der Waals surface area contributed by atoms with E-state index in [1.807, 2.05) is 32.0 Å². The van der Waals surface area contributed by atoms with E-state index in [0.29, 0.717) is 24.3 Å². The number of hydrogen-bond donors (Lipinski definition) is 2. The van der Waals surface area contributed by atoms with Crippen molar-refractivity contribution in [3.05, 3.63) is 53.1 Å². The molecule has 0 aliphatic heterocycles. The molecule has 0 radical (unpaired) electrons. The second-order valence-electron chi connectivity index (χ2n) is 11.5. The van der Waals surface area contributed by atoms with Gasteiger partial charge in [0.15, 0.2) is 11.5 Å². The van der Waals surface area contributed by atoms with Crippen LogP contribution in [0.3, 0.4) is 0 Å². The van der Waals surface area contributed by atoms with E-state index in [2.05, 4.69) is 51.2 Å². The van der Waals surface area contributed by atoms with Gasteiger partial charge in [-0.05, 0) is 67.7 Å². The normalized spacial score (nSPS) is 12.8. The number of unbranched alkanes of at least 4 members (excludes halogenated alkanes) is 2. The first kappa shape index (κ1) is 29.7. The summed E-state index contributed by atoms with van der Waals surface area (Å²) >= 11 is 0. The van der Waals surface area contributed by atoms with Crippen molar-refractivity contribution in [3.8, 4) is 11.5 Å². The molecule has 2 N–H and O–H groups in total. The Kier molecular flexibility index (Phi) is 10.8. The summed E-state index contributed by atoms with van der Waals surface area (Å²) < 4.78 is 11.2. The molecule has 1 amide bonds. The van der Waals surface area contributed by atoms with Gasteiger partial charge >= 0.3 is 0 Å². The Morgan fingerprint density at radius 3 is 2.33 bits per heavy atom. The smallest absolute Gasteiger partial charge is 0.224 e. The average Bonchev–Trinajstić information content (AvgIpc) is 2.80. The maximum Gasteiger partial charge on any atom is 0.224 e. The lowest BCUT2D eigenvalue weighted by Crippen LogP contribution is -2.21. The van der Waals surface area contributed by atoms with Crippen LogP contribution in [0.1, 0.15) is 103 Å². The topological polar surface area (TPSA) is 67.8 Å². The molecule has 2 aromatic rings. The Labute approximate surface area is 218 Å². The molecule has 0 bridgehead atoms. The van der Waals surface area contributed by atoms with Crippen LogP contribution in [-0.4, -0.2) is 30.8 Å². The highest BCUT2D eigenvalue weighted by atomic mass is 16.5. The van der Waals surface area contributed by atoms with Gasteiger partial charge in [-0.15, -0.1) is 0 Å². The van der Waals surface area contributed by atoms with E-state index in [1.54, 1.807) is 14.2 Å². The maximum absolute atomic E-state index is 13.5. The zero-order valence-corrected chi connectivity index (χ0v) is 23.7. The number of aryl methyl sites for hydroxylation is 1. The van der Waals surface area contributed by atoms with Gasteiger partial charge in [-0.1, -0.05) is 71.2 Å². The van der Waals surface area contributed by atoms with E-state index < -0.39 is 5.60 Å². The summed E-state index contributed by atoms with van der Waals surface area (Å²) in [4.78, 5) is 13.5. The SMILES string of the molecule is CCCCCC(CC(=O)Nc1cc(CCC(C)(C)O)ccc1C(C)(C)C)c1cccc(OC)c1OC. The van der Waals surface area contributed by atoms with Crippen molar-refractivity contribution in [2.75, 3.05) is 19.5 Å². The molecule has 1 atom stereocenters. The Balaban J connectivity index is 2.33. The largest absolute Gasteiger partial charge is 0.493 e. The van der Waals surface area contributed by atoms with Crippen LogP contribution in [0.4, 0.5) is 5.69 Å². The molecule has 2 aromatic carbocycles. The van der Waals surface area contributed by atoms with Crippen molar-refractivity contribution in [2.45, 2.75) is 103 Å². The van der Waals surface area contributed by atoms with Crippen LogP contribution in [0.25, 0.3) is 0 Å². The fraction of sp³-hybridized carbons (Fsp3) is 0.581. The zero-order valence-electron chi connectivity index (χ0n) is 23.7. The number of nitrogens with one attached hydrogen (secondary N) is 1. The number of amides is 1. The van der Waals surface area contributed by atoms with Gasteiger partial charge in [-0.3, -0.25) is 4.79 Å². The lowest BCUT2D eigenvalue weighted by molar-refractivity contribution is -0.116. The van der Waals surface area contributed by atoms with Crippen LogP contribution in [0.5, 0.6) is 11.5 Å². The number of aliphatic hydroxyl groups is 1. The highest BCUT2D eigenvalue weighted by Crippen LogP contribution is 2.39. The van der Waals surface area contributed by atoms with Gasteiger partial charge in [-0.2, -0.15) is 0 Å². The molecule has 1 unspecified atom stereocenters. The van der Waals surface area contributed by atoms with E-state index >= 15 is 0 Å². The van der Waals surface area contributed by atoms with Gasteiger partial charge < -0.3 is 19.9 Å². The predicted molar refractivity (Wildman–Crippen MR) is 149 cm³/mol. The Bertz CT molecular complexity index is 985. The lowest BCUT2D eigenvalue weighted by Gasteiger charge is -2.25. The molecule has 5 heteroatoms. The summed E-state index contributed by atoms with van der Waals surface area (Å²) in [6.07, 6.45) is 5.98. The van der Waals surface area contributed by atoms with Crippen molar-refractivity contribution < 1.29 is 19.4 Å². The molecule has 0 fully saturated rings. The molecular formula is C31H47NO4. The molecule has 36 heavy (non-hydrogen) atoms. The summed E-state index contributed by atoms with van der Waals surface area (Å²) in [5.41, 5.74) is 3.23. The number of carbonyl (C=O) groups is 1. The highest BCUT2D eigenvalue weighted by molar-refractivity contribution is 5.92. The number of anilines is 1. The number of benzene rings is 2. The van der Waals surface area contributed by atoms with Crippen molar-refractivity contribution in [2.24, 2.45) is 0 Å². The number of rotatable bonds is 13. The quantitative estimate of drug-likeness (QED) is 0.283. The van der Waals surface area contributed by atoms with E-state index in [1.165, 1.54) is 0 Å². The highest BCUT2D eigenvalue weighted by Gasteiger charge is 2.24. The van der Waals surface area contributed by atoms with Crippen molar-refractivity contribution in [3.63, 3.8) is 0 Å². The Morgan fingerprint density at radius 1 is 1.03 bits per heavy atom. The van der Waals surface area contributed by atoms with Crippen molar-refractivity contribution >= 4 is 11.6 Å². The third kappa shape index (κ3) is 8.85. The molecule has 0 heterocycles. The molecular weight excluding hydrogens is 450 g/mol. The number of hydrogen-bond acceptors (Lipinski definition) is 4. The minimum atomic E-state index is -0.729. The summed E-state index contributed by atoms with van der Waals surface area (Å²) in [7, 11) is 3.29. The predicted octanol–water partition coefficient (Wildman–Crippen LogP) is 7.40. The first-order valence-electron chi connectivity index (χ1n) is 13.3. The summed E-state index contributed by atoms with van der Waals surface area (Å²) in [6.45, 7) is 12.3. The van der Waals surface area contributed by atoms with Crippen LogP contribution in [0.2, 0.25) is 0 Å². The summed E-state index contributed by atoms with van der Waals surface area (Å²) in [6, 6.07) is 12.2. The average molecular weight is 498 g/mol. The van der Waals surface area contributed by atoms with E-state index in [-0.39, 0.29) is 17.2 Å². The molecule has 0 spiro atoms. The van der Waals surface area contributed by atoms with Gasteiger partial charge in [0.1, 0.15) is 0 Å². The molecule has 0 saturated heterocycles.